The van der Waals surface area contributed by atoms with Crippen LogP contribution >= 0.6 is 0 Å². The van der Waals surface area contributed by atoms with Crippen molar-refractivity contribution in [3.63, 3.8) is 0 Å². The molecule has 0 spiro atoms. The van der Waals surface area contributed by atoms with E-state index >= 15 is 0 Å². The molecule has 0 aromatic heterocycles. The molecule has 0 amide bonds. The summed E-state index contributed by atoms with van der Waals surface area (Å²) in [6.45, 7) is 1.66. The van der Waals surface area contributed by atoms with Crippen molar-refractivity contribution in [2.45, 2.75) is 18.7 Å². The Morgan fingerprint density at radius 1 is 1.58 bits per heavy atom. The van der Waals surface area contributed by atoms with Gasteiger partial charge in [-0.25, -0.2) is 4.48 Å². The lowest BCUT2D eigenvalue weighted by molar-refractivity contribution is -0.834. The number of hydrogen-bond donors (Lipinski definition) is 1. The Morgan fingerprint density at radius 3 is 2.08 bits per heavy atom. The van der Waals surface area contributed by atoms with E-state index in [4.69, 9.17) is 11.0 Å². The zero-order valence-electron chi connectivity index (χ0n) is 7.48. The first-order chi connectivity index (χ1) is 5.25. The van der Waals surface area contributed by atoms with Crippen molar-refractivity contribution in [2.24, 2.45) is 0 Å². The number of hydrogen-bond acceptors (Lipinski definition) is 2. The van der Waals surface area contributed by atoms with Crippen LogP contribution in [-0.4, -0.2) is 36.9 Å². The molecule has 0 fully saturated rings. The second-order valence-corrected chi connectivity index (χ2v) is 4.62. The van der Waals surface area contributed by atoms with Crippen LogP contribution in [0.1, 0.15) is 13.3 Å². The Morgan fingerprint density at radius 2 is 2.00 bits per heavy atom. The topological polar surface area (TPSA) is 54.4 Å². The Bertz CT molecular complexity index is 286. The molecule has 0 saturated carbocycles. The maximum absolute atomic E-state index is 10.8. The van der Waals surface area contributed by atoms with Gasteiger partial charge in [-0.05, 0) is 0 Å². The number of nitrogens with zero attached hydrogens (tertiary/aromatic N) is 1. The van der Waals surface area contributed by atoms with E-state index in [1.807, 2.05) is 0 Å². The van der Waals surface area contributed by atoms with Gasteiger partial charge >= 0.3 is 10.1 Å². The van der Waals surface area contributed by atoms with E-state index in [0.717, 1.165) is 0 Å². The molecule has 0 radical (unpaired) electrons. The van der Waals surface area contributed by atoms with Gasteiger partial charge in [-0.2, -0.15) is 8.42 Å². The summed E-state index contributed by atoms with van der Waals surface area (Å²) in [5.41, 5.74) is 0. The van der Waals surface area contributed by atoms with E-state index in [2.05, 4.69) is 6.04 Å². The van der Waals surface area contributed by atoms with Gasteiger partial charge in [-0.15, -0.1) is 0 Å². The number of quaternary nitrogens is 1. The maximum atomic E-state index is 10.8. The monoisotopic (exact) mass is 192 g/mol. The standard InChI is InChI=1S/C7H13NO3S/c1-5-7(12(9,10)11)8(3,4)6-2/h2,7H,5H2,1,3-4H3/p+1. The molecule has 0 aliphatic carbocycles. The average Bonchev–Trinajstić information content (AvgIpc) is 1.85. The highest BCUT2D eigenvalue weighted by atomic mass is 32.2. The molecule has 12 heavy (non-hydrogen) atoms. The lowest BCUT2D eigenvalue weighted by Crippen LogP contribution is -2.48. The van der Waals surface area contributed by atoms with Crippen molar-refractivity contribution in [3.05, 3.63) is 0 Å². The van der Waals surface area contributed by atoms with E-state index in [1.165, 1.54) is 0 Å². The SMILES string of the molecule is C#C[N+](C)(C)C(CC)S(=O)(=O)O. The summed E-state index contributed by atoms with van der Waals surface area (Å²) in [6, 6.07) is 2.30. The molecule has 1 unspecified atom stereocenters. The minimum absolute atomic E-state index is 0.171. The lowest BCUT2D eigenvalue weighted by atomic mass is 10.4. The molecule has 0 rings (SSSR count). The lowest BCUT2D eigenvalue weighted by Gasteiger charge is -2.27. The molecule has 0 aliphatic heterocycles. The van der Waals surface area contributed by atoms with Crippen LogP contribution in [0.15, 0.2) is 0 Å². The highest BCUT2D eigenvalue weighted by Crippen LogP contribution is 2.14. The highest BCUT2D eigenvalue weighted by molar-refractivity contribution is 7.86. The zero-order chi connectivity index (χ0) is 9.99. The summed E-state index contributed by atoms with van der Waals surface area (Å²) in [5.74, 6) is 0. The van der Waals surface area contributed by atoms with Gasteiger partial charge in [-0.1, -0.05) is 13.3 Å². The molecule has 0 aliphatic rings. The van der Waals surface area contributed by atoms with Crippen LogP contribution in [0.25, 0.3) is 0 Å². The van der Waals surface area contributed by atoms with Gasteiger partial charge in [-0.3, -0.25) is 4.55 Å². The molecule has 0 saturated heterocycles. The molecule has 5 heteroatoms. The van der Waals surface area contributed by atoms with Crippen molar-refractivity contribution in [2.75, 3.05) is 14.1 Å². The number of terminal acetylenes is 1. The fourth-order valence-electron chi connectivity index (χ4n) is 1.08. The Labute approximate surface area is 73.5 Å². The summed E-state index contributed by atoms with van der Waals surface area (Å²) in [4.78, 5) is 0. The third-order valence-corrected chi connectivity index (χ3v) is 3.29. The normalized spacial score (nSPS) is 15.2. The first-order valence-corrected chi connectivity index (χ1v) is 5.04. The van der Waals surface area contributed by atoms with Crippen molar-refractivity contribution < 1.29 is 17.5 Å². The summed E-state index contributed by atoms with van der Waals surface area (Å²) in [6.07, 6.45) is 5.41. The number of rotatable bonds is 3. The molecular weight excluding hydrogens is 178 g/mol. The summed E-state index contributed by atoms with van der Waals surface area (Å²) in [7, 11) is -0.940. The maximum Gasteiger partial charge on any atom is 0.320 e. The molecule has 70 valence electrons. The Hall–Kier alpha value is -0.570. The van der Waals surface area contributed by atoms with E-state index in [1.54, 1.807) is 21.0 Å². The molecule has 0 aromatic rings. The van der Waals surface area contributed by atoms with Crippen molar-refractivity contribution in [1.29, 1.82) is 0 Å². The summed E-state index contributed by atoms with van der Waals surface area (Å²) in [5, 5.41) is -0.942. The average molecular weight is 192 g/mol. The van der Waals surface area contributed by atoms with Crippen LogP contribution in [0.5, 0.6) is 0 Å². The first kappa shape index (κ1) is 11.4. The van der Waals surface area contributed by atoms with Crippen LogP contribution in [0, 0.1) is 12.5 Å². The van der Waals surface area contributed by atoms with Crippen molar-refractivity contribution in [3.8, 4) is 12.5 Å². The van der Waals surface area contributed by atoms with Gasteiger partial charge in [0.05, 0.1) is 14.1 Å². The van der Waals surface area contributed by atoms with E-state index in [0.29, 0.717) is 0 Å². The van der Waals surface area contributed by atoms with Crippen LogP contribution in [0.2, 0.25) is 0 Å². The van der Waals surface area contributed by atoms with E-state index in [-0.39, 0.29) is 10.9 Å². The predicted octanol–water partition coefficient (Wildman–Crippen LogP) is 0.277. The van der Waals surface area contributed by atoms with Crippen LogP contribution in [-0.2, 0) is 10.1 Å². The van der Waals surface area contributed by atoms with E-state index < -0.39 is 15.5 Å². The van der Waals surface area contributed by atoms with Gasteiger partial charge in [0.15, 0.2) is 0 Å². The van der Waals surface area contributed by atoms with Crippen LogP contribution < -0.4 is 0 Å². The molecule has 0 heterocycles. The second kappa shape index (κ2) is 3.44. The fraction of sp³-hybridized carbons (Fsp3) is 0.714. The summed E-state index contributed by atoms with van der Waals surface area (Å²) >= 11 is 0. The van der Waals surface area contributed by atoms with Crippen LogP contribution in [0.3, 0.4) is 0 Å². The van der Waals surface area contributed by atoms with Gasteiger partial charge in [0, 0.05) is 6.42 Å². The fourth-order valence-corrected chi connectivity index (χ4v) is 2.23. The van der Waals surface area contributed by atoms with Gasteiger partial charge in [0.2, 0.25) is 5.37 Å². The molecule has 4 nitrogen and oxygen atoms in total. The Kier molecular flexibility index (Phi) is 3.27. The molecule has 0 bridgehead atoms. The van der Waals surface area contributed by atoms with Crippen molar-refractivity contribution >= 4 is 10.1 Å². The third kappa shape index (κ3) is 2.48. The second-order valence-electron chi connectivity index (χ2n) is 3.05. The smallest absolute Gasteiger partial charge is 0.281 e. The molecule has 0 aromatic carbocycles. The Balaban J connectivity index is 4.98. The van der Waals surface area contributed by atoms with Crippen molar-refractivity contribution in [1.82, 2.24) is 0 Å². The molecular formula is C7H14NO3S+. The highest BCUT2D eigenvalue weighted by Gasteiger charge is 2.36. The van der Waals surface area contributed by atoms with E-state index in [9.17, 15) is 8.42 Å². The first-order valence-electron chi connectivity index (χ1n) is 3.53. The zero-order valence-corrected chi connectivity index (χ0v) is 8.30. The minimum atomic E-state index is -4.06. The predicted molar refractivity (Wildman–Crippen MR) is 46.6 cm³/mol. The largest absolute Gasteiger partial charge is 0.320 e. The molecule has 1 atom stereocenters. The van der Waals surface area contributed by atoms with Crippen LogP contribution in [0.4, 0.5) is 0 Å². The third-order valence-electron chi connectivity index (χ3n) is 1.75. The quantitative estimate of drug-likeness (QED) is 0.397. The minimum Gasteiger partial charge on any atom is -0.281 e. The van der Waals surface area contributed by atoms with Gasteiger partial charge in [0.25, 0.3) is 0 Å². The van der Waals surface area contributed by atoms with Gasteiger partial charge < -0.3 is 0 Å². The molecule has 1 N–H and O–H groups in total. The van der Waals surface area contributed by atoms with Gasteiger partial charge in [0.1, 0.15) is 6.04 Å². The summed E-state index contributed by atoms with van der Waals surface area (Å²) < 4.78 is 30.3.